The van der Waals surface area contributed by atoms with Crippen LogP contribution in [-0.4, -0.2) is 24.4 Å². The van der Waals surface area contributed by atoms with E-state index < -0.39 is 12.2 Å². The summed E-state index contributed by atoms with van der Waals surface area (Å²) in [5.41, 5.74) is 0.938. The summed E-state index contributed by atoms with van der Waals surface area (Å²) < 4.78 is 13.3. The van der Waals surface area contributed by atoms with Gasteiger partial charge in [0.1, 0.15) is 5.17 Å². The lowest BCUT2D eigenvalue weighted by atomic mass is 10.2. The maximum absolute atomic E-state index is 13.3. The third-order valence-electron chi connectivity index (χ3n) is 2.30. The van der Waals surface area contributed by atoms with Crippen molar-refractivity contribution in [2.45, 2.75) is 6.30 Å². The number of alkyl halides is 1. The minimum atomic E-state index is -1.97. The van der Waals surface area contributed by atoms with Gasteiger partial charge in [-0.1, -0.05) is 23.2 Å². The third kappa shape index (κ3) is 1.79. The Morgan fingerprint density at radius 3 is 2.81 bits per heavy atom. The molecule has 1 aliphatic rings. The van der Waals surface area contributed by atoms with E-state index in [1.807, 2.05) is 0 Å². The zero-order valence-corrected chi connectivity index (χ0v) is 9.76. The fourth-order valence-electron chi connectivity index (χ4n) is 1.47. The number of halogens is 3. The Bertz CT molecular complexity index is 490. The summed E-state index contributed by atoms with van der Waals surface area (Å²) >= 11 is 11.6. The Morgan fingerprint density at radius 2 is 2.12 bits per heavy atom. The van der Waals surface area contributed by atoms with Crippen LogP contribution in [0.4, 0.5) is 10.1 Å². The van der Waals surface area contributed by atoms with Crippen molar-refractivity contribution in [2.75, 3.05) is 11.9 Å². The average Bonchev–Trinajstić information content (AvgIpc) is 2.32. The molecule has 0 spiro atoms. The van der Waals surface area contributed by atoms with Crippen molar-refractivity contribution in [3.63, 3.8) is 0 Å². The Balaban J connectivity index is 2.65. The number of carbonyl (C=O) groups excluding carboxylic acids is 1. The summed E-state index contributed by atoms with van der Waals surface area (Å²) in [5.74, 6) is -0.751. The number of hydrogen-bond donors (Lipinski definition) is 0. The summed E-state index contributed by atoms with van der Waals surface area (Å²) in [4.78, 5) is 16.1. The Morgan fingerprint density at radius 1 is 1.44 bits per heavy atom. The molecule has 0 fully saturated rings. The molecule has 16 heavy (non-hydrogen) atoms. The molecule has 1 atom stereocenters. The molecule has 1 heterocycles. The monoisotopic (exact) mass is 260 g/mol. The summed E-state index contributed by atoms with van der Waals surface area (Å²) in [6.07, 6.45) is -1.97. The van der Waals surface area contributed by atoms with Crippen molar-refractivity contribution in [1.29, 1.82) is 0 Å². The van der Waals surface area contributed by atoms with Gasteiger partial charge >= 0.3 is 0 Å². The summed E-state index contributed by atoms with van der Waals surface area (Å²) in [6.45, 7) is 0. The van der Waals surface area contributed by atoms with Gasteiger partial charge in [-0.05, 0) is 18.2 Å². The second-order valence-electron chi connectivity index (χ2n) is 3.31. The number of amides is 1. The molecule has 0 aliphatic carbocycles. The summed E-state index contributed by atoms with van der Waals surface area (Å²) in [5, 5.41) is 0.396. The third-order valence-corrected chi connectivity index (χ3v) is 2.84. The first-order valence-electron chi connectivity index (χ1n) is 4.45. The first kappa shape index (κ1) is 11.4. The number of benzodiazepines with no additional fused rings is 1. The summed E-state index contributed by atoms with van der Waals surface area (Å²) in [6, 6.07) is 4.75. The number of likely N-dealkylation sites (N-methyl/N-ethyl adjacent to an activating group) is 1. The van der Waals surface area contributed by atoms with Crippen LogP contribution in [0.5, 0.6) is 0 Å². The lowest BCUT2D eigenvalue weighted by Gasteiger charge is -2.17. The number of carbonyl (C=O) groups is 1. The molecule has 6 heteroatoms. The van der Waals surface area contributed by atoms with Gasteiger partial charge in [0, 0.05) is 17.6 Å². The minimum Gasteiger partial charge on any atom is -0.311 e. The highest BCUT2D eigenvalue weighted by atomic mass is 35.5. The van der Waals surface area contributed by atoms with Crippen LogP contribution in [0.25, 0.3) is 0 Å². The van der Waals surface area contributed by atoms with E-state index in [4.69, 9.17) is 23.2 Å². The molecule has 1 aliphatic heterocycles. The largest absolute Gasteiger partial charge is 0.311 e. The average molecular weight is 261 g/mol. The molecule has 0 N–H and O–H groups in total. The van der Waals surface area contributed by atoms with Crippen LogP contribution >= 0.6 is 23.2 Å². The van der Waals surface area contributed by atoms with Crippen molar-refractivity contribution in [3.8, 4) is 0 Å². The molecule has 0 aromatic heterocycles. The predicted molar refractivity (Wildman–Crippen MR) is 62.1 cm³/mol. The highest BCUT2D eigenvalue weighted by molar-refractivity contribution is 6.70. The Kier molecular flexibility index (Phi) is 2.86. The lowest BCUT2D eigenvalue weighted by Crippen LogP contribution is -2.32. The minimum absolute atomic E-state index is 0.0531. The van der Waals surface area contributed by atoms with E-state index in [-0.39, 0.29) is 5.17 Å². The highest BCUT2D eigenvalue weighted by Crippen LogP contribution is 2.29. The molecule has 0 saturated carbocycles. The van der Waals surface area contributed by atoms with E-state index >= 15 is 0 Å². The van der Waals surface area contributed by atoms with E-state index in [0.717, 1.165) is 0 Å². The number of nitrogens with zero attached hydrogens (tertiary/aromatic N) is 2. The first-order chi connectivity index (χ1) is 7.50. The smallest absolute Gasteiger partial charge is 0.284 e. The number of rotatable bonds is 0. The SMILES string of the molecule is CN1C(=O)C(F)N=C(Cl)c2cc(Cl)ccc21. The number of anilines is 1. The van der Waals surface area contributed by atoms with Crippen LogP contribution in [0.2, 0.25) is 5.02 Å². The van der Waals surface area contributed by atoms with Crippen LogP contribution in [0.3, 0.4) is 0 Å². The van der Waals surface area contributed by atoms with E-state index in [0.29, 0.717) is 16.3 Å². The second-order valence-corrected chi connectivity index (χ2v) is 4.11. The van der Waals surface area contributed by atoms with Crippen LogP contribution in [0.1, 0.15) is 5.56 Å². The Labute approximate surface area is 101 Å². The molecule has 0 saturated heterocycles. The molecule has 0 bridgehead atoms. The topological polar surface area (TPSA) is 32.7 Å². The molecule has 3 nitrogen and oxygen atoms in total. The zero-order chi connectivity index (χ0) is 11.9. The standard InChI is InChI=1S/C10H7Cl2FN2O/c1-15-7-3-2-5(11)4-6(7)8(12)14-9(13)10(15)16/h2-4,9H,1H3. The van der Waals surface area contributed by atoms with Crippen molar-refractivity contribution in [1.82, 2.24) is 0 Å². The molecule has 1 amide bonds. The first-order valence-corrected chi connectivity index (χ1v) is 5.21. The zero-order valence-electron chi connectivity index (χ0n) is 8.25. The molecule has 2 rings (SSSR count). The fourth-order valence-corrected chi connectivity index (χ4v) is 1.88. The van der Waals surface area contributed by atoms with Crippen molar-refractivity contribution < 1.29 is 9.18 Å². The highest BCUT2D eigenvalue weighted by Gasteiger charge is 2.28. The van der Waals surface area contributed by atoms with Crippen molar-refractivity contribution >= 4 is 40.0 Å². The van der Waals surface area contributed by atoms with Gasteiger partial charge in [-0.2, -0.15) is 0 Å². The van der Waals surface area contributed by atoms with Crippen LogP contribution in [0.15, 0.2) is 23.2 Å². The normalized spacial score (nSPS) is 20.2. The van der Waals surface area contributed by atoms with Crippen LogP contribution < -0.4 is 4.90 Å². The van der Waals surface area contributed by atoms with E-state index in [9.17, 15) is 9.18 Å². The van der Waals surface area contributed by atoms with Crippen molar-refractivity contribution in [2.24, 2.45) is 4.99 Å². The van der Waals surface area contributed by atoms with E-state index in [2.05, 4.69) is 4.99 Å². The van der Waals surface area contributed by atoms with Gasteiger partial charge in [-0.15, -0.1) is 0 Å². The van der Waals surface area contributed by atoms with Gasteiger partial charge in [-0.25, -0.2) is 9.38 Å². The van der Waals surface area contributed by atoms with E-state index in [1.165, 1.54) is 11.9 Å². The van der Waals surface area contributed by atoms with Crippen LogP contribution in [-0.2, 0) is 4.79 Å². The van der Waals surface area contributed by atoms with Gasteiger partial charge in [0.05, 0.1) is 5.69 Å². The van der Waals surface area contributed by atoms with E-state index in [1.54, 1.807) is 18.2 Å². The quantitative estimate of drug-likeness (QED) is 0.660. The molecular weight excluding hydrogens is 254 g/mol. The summed E-state index contributed by atoms with van der Waals surface area (Å²) in [7, 11) is 1.46. The maximum Gasteiger partial charge on any atom is 0.284 e. The van der Waals surface area contributed by atoms with Gasteiger partial charge in [-0.3, -0.25) is 4.79 Å². The van der Waals surface area contributed by atoms with Crippen LogP contribution in [0, 0.1) is 0 Å². The molecular formula is C10H7Cl2FN2O. The molecule has 1 unspecified atom stereocenters. The number of benzene rings is 1. The molecule has 1 aromatic carbocycles. The van der Waals surface area contributed by atoms with Crippen molar-refractivity contribution in [3.05, 3.63) is 28.8 Å². The van der Waals surface area contributed by atoms with Gasteiger partial charge in [0.15, 0.2) is 0 Å². The molecule has 0 radical (unpaired) electrons. The van der Waals surface area contributed by atoms with Gasteiger partial charge < -0.3 is 4.90 Å². The van der Waals surface area contributed by atoms with Gasteiger partial charge in [0.25, 0.3) is 12.2 Å². The lowest BCUT2D eigenvalue weighted by molar-refractivity contribution is -0.122. The number of fused-ring (bicyclic) bond motifs is 1. The predicted octanol–water partition coefficient (Wildman–Crippen LogP) is 2.60. The van der Waals surface area contributed by atoms with Gasteiger partial charge in [0.2, 0.25) is 0 Å². The fraction of sp³-hybridized carbons (Fsp3) is 0.200. The number of hydrogen-bond acceptors (Lipinski definition) is 2. The number of aliphatic imine (C=N–C) groups is 1. The molecule has 84 valence electrons. The molecule has 1 aromatic rings. The second kappa shape index (κ2) is 4.03. The maximum atomic E-state index is 13.3. The Hall–Kier alpha value is -1.13.